The van der Waals surface area contributed by atoms with Crippen LogP contribution in [-0.2, 0) is 9.59 Å². The van der Waals surface area contributed by atoms with Gasteiger partial charge in [-0.15, -0.1) is 0 Å². The van der Waals surface area contributed by atoms with Crippen LogP contribution in [0.1, 0.15) is 25.7 Å². The number of rotatable bonds is 1. The molecule has 0 aromatic rings. The van der Waals surface area contributed by atoms with Crippen molar-refractivity contribution in [2.45, 2.75) is 43.8 Å². The number of nitrogens with one attached hydrogen (secondary N) is 1. The van der Waals surface area contributed by atoms with E-state index in [1.807, 2.05) is 11.9 Å². The molecule has 4 atom stereocenters. The molecule has 6 heteroatoms. The highest BCUT2D eigenvalue weighted by atomic mass is 16.2. The number of hydrazine groups is 1. The SMILES string of the molecule is CN1C(=O)C2CCNN2C2CCC(C(N)=O)CC21. The second-order valence-corrected chi connectivity index (χ2v) is 5.62. The van der Waals surface area contributed by atoms with E-state index in [-0.39, 0.29) is 29.8 Å². The first-order chi connectivity index (χ1) is 8.59. The third kappa shape index (κ3) is 1.63. The van der Waals surface area contributed by atoms with Crippen molar-refractivity contribution >= 4 is 11.8 Å². The largest absolute Gasteiger partial charge is 0.369 e. The lowest BCUT2D eigenvalue weighted by atomic mass is 9.79. The summed E-state index contributed by atoms with van der Waals surface area (Å²) < 4.78 is 0. The van der Waals surface area contributed by atoms with E-state index < -0.39 is 0 Å². The summed E-state index contributed by atoms with van der Waals surface area (Å²) in [7, 11) is 1.86. The van der Waals surface area contributed by atoms with Gasteiger partial charge < -0.3 is 10.6 Å². The molecule has 0 spiro atoms. The average Bonchev–Trinajstić information content (AvgIpc) is 2.84. The third-order valence-electron chi connectivity index (χ3n) is 4.72. The molecule has 100 valence electrons. The average molecular weight is 252 g/mol. The minimum Gasteiger partial charge on any atom is -0.369 e. The number of nitrogens with zero attached hydrogens (tertiary/aromatic N) is 2. The number of primary amides is 1. The van der Waals surface area contributed by atoms with Gasteiger partial charge in [0.15, 0.2) is 0 Å². The second kappa shape index (κ2) is 4.20. The summed E-state index contributed by atoms with van der Waals surface area (Å²) in [5.41, 5.74) is 8.73. The minimum absolute atomic E-state index is 0.0126. The monoisotopic (exact) mass is 252 g/mol. The highest BCUT2D eigenvalue weighted by Gasteiger charge is 2.50. The number of hydrogen-bond donors (Lipinski definition) is 2. The third-order valence-corrected chi connectivity index (χ3v) is 4.72. The van der Waals surface area contributed by atoms with Gasteiger partial charge in [0.25, 0.3) is 0 Å². The molecule has 2 heterocycles. The Morgan fingerprint density at radius 2 is 2.11 bits per heavy atom. The van der Waals surface area contributed by atoms with Crippen molar-refractivity contribution in [3.05, 3.63) is 0 Å². The fourth-order valence-electron chi connectivity index (χ4n) is 3.70. The van der Waals surface area contributed by atoms with Crippen LogP contribution in [0, 0.1) is 5.92 Å². The summed E-state index contributed by atoms with van der Waals surface area (Å²) >= 11 is 0. The van der Waals surface area contributed by atoms with Gasteiger partial charge in [0.2, 0.25) is 11.8 Å². The van der Waals surface area contributed by atoms with Crippen LogP contribution >= 0.6 is 0 Å². The van der Waals surface area contributed by atoms with Crippen molar-refractivity contribution < 1.29 is 9.59 Å². The molecule has 2 amide bonds. The Morgan fingerprint density at radius 1 is 1.33 bits per heavy atom. The van der Waals surface area contributed by atoms with E-state index in [0.717, 1.165) is 25.8 Å². The lowest BCUT2D eigenvalue weighted by Gasteiger charge is -2.50. The van der Waals surface area contributed by atoms with Crippen molar-refractivity contribution in [3.8, 4) is 0 Å². The van der Waals surface area contributed by atoms with E-state index >= 15 is 0 Å². The van der Waals surface area contributed by atoms with Crippen molar-refractivity contribution in [2.24, 2.45) is 11.7 Å². The first kappa shape index (κ1) is 11.9. The molecule has 0 bridgehead atoms. The van der Waals surface area contributed by atoms with Crippen LogP contribution in [-0.4, -0.2) is 53.4 Å². The van der Waals surface area contributed by atoms with Gasteiger partial charge in [0, 0.05) is 31.6 Å². The van der Waals surface area contributed by atoms with Crippen molar-refractivity contribution in [1.29, 1.82) is 0 Å². The Balaban J connectivity index is 1.83. The summed E-state index contributed by atoms with van der Waals surface area (Å²) in [6, 6.07) is 0.433. The number of hydrogen-bond acceptors (Lipinski definition) is 4. The molecule has 3 fully saturated rings. The molecule has 1 aliphatic carbocycles. The topological polar surface area (TPSA) is 78.7 Å². The maximum Gasteiger partial charge on any atom is 0.241 e. The maximum absolute atomic E-state index is 12.3. The molecule has 1 saturated carbocycles. The van der Waals surface area contributed by atoms with Gasteiger partial charge in [-0.2, -0.15) is 0 Å². The summed E-state index contributed by atoms with van der Waals surface area (Å²) in [5.74, 6) is -0.141. The number of piperazine rings is 1. The van der Waals surface area contributed by atoms with E-state index in [4.69, 9.17) is 5.73 Å². The van der Waals surface area contributed by atoms with Crippen molar-refractivity contribution in [2.75, 3.05) is 13.6 Å². The molecular weight excluding hydrogens is 232 g/mol. The number of fused-ring (bicyclic) bond motifs is 3. The van der Waals surface area contributed by atoms with Crippen LogP contribution in [0.2, 0.25) is 0 Å². The first-order valence-corrected chi connectivity index (χ1v) is 6.67. The molecule has 3 aliphatic rings. The summed E-state index contributed by atoms with van der Waals surface area (Å²) in [6.07, 6.45) is 3.35. The fraction of sp³-hybridized carbons (Fsp3) is 0.833. The Labute approximate surface area is 106 Å². The van der Waals surface area contributed by atoms with E-state index in [2.05, 4.69) is 10.4 Å². The smallest absolute Gasteiger partial charge is 0.241 e. The number of nitrogens with two attached hydrogens (primary N) is 1. The van der Waals surface area contributed by atoms with Crippen LogP contribution in [0.5, 0.6) is 0 Å². The molecule has 6 nitrogen and oxygen atoms in total. The van der Waals surface area contributed by atoms with Gasteiger partial charge in [-0.3, -0.25) is 15.0 Å². The molecule has 18 heavy (non-hydrogen) atoms. The Bertz CT molecular complexity index is 386. The lowest BCUT2D eigenvalue weighted by molar-refractivity contribution is -0.153. The Hall–Kier alpha value is -1.14. The Kier molecular flexibility index (Phi) is 2.79. The van der Waals surface area contributed by atoms with Gasteiger partial charge in [-0.25, -0.2) is 5.01 Å². The molecule has 2 aliphatic heterocycles. The van der Waals surface area contributed by atoms with Crippen molar-refractivity contribution in [1.82, 2.24) is 15.3 Å². The normalized spacial score (nSPS) is 40.5. The van der Waals surface area contributed by atoms with Gasteiger partial charge in [0.1, 0.15) is 6.04 Å². The van der Waals surface area contributed by atoms with E-state index in [1.165, 1.54) is 0 Å². The summed E-state index contributed by atoms with van der Waals surface area (Å²) in [6.45, 7) is 0.868. The number of likely N-dealkylation sites (N-methyl/N-ethyl adjacent to an activating group) is 1. The highest BCUT2D eigenvalue weighted by molar-refractivity contribution is 5.83. The second-order valence-electron chi connectivity index (χ2n) is 5.62. The first-order valence-electron chi connectivity index (χ1n) is 6.67. The van der Waals surface area contributed by atoms with Crippen molar-refractivity contribution in [3.63, 3.8) is 0 Å². The molecular formula is C12H20N4O2. The van der Waals surface area contributed by atoms with Crippen LogP contribution in [0.15, 0.2) is 0 Å². The van der Waals surface area contributed by atoms with Crippen LogP contribution in [0.4, 0.5) is 0 Å². The quantitative estimate of drug-likeness (QED) is 0.631. The molecule has 3 rings (SSSR count). The van der Waals surface area contributed by atoms with Gasteiger partial charge >= 0.3 is 0 Å². The fourth-order valence-corrected chi connectivity index (χ4v) is 3.70. The maximum atomic E-state index is 12.3. The van der Waals surface area contributed by atoms with Crippen LogP contribution < -0.4 is 11.2 Å². The zero-order chi connectivity index (χ0) is 12.9. The molecule has 0 radical (unpaired) electrons. The minimum atomic E-state index is -0.231. The number of carbonyl (C=O) groups excluding carboxylic acids is 2. The predicted octanol–water partition coefficient (Wildman–Crippen LogP) is -0.940. The standard InChI is InChI=1S/C12H20N4O2/c1-15-10-6-7(11(13)17)2-3-8(10)16-9(12(15)18)4-5-14-16/h7-10,14H,2-6H2,1H3,(H2,13,17). The highest BCUT2D eigenvalue weighted by Crippen LogP contribution is 2.36. The molecule has 0 aromatic carbocycles. The van der Waals surface area contributed by atoms with E-state index in [9.17, 15) is 9.59 Å². The lowest BCUT2D eigenvalue weighted by Crippen LogP contribution is -2.67. The number of carbonyl (C=O) groups is 2. The predicted molar refractivity (Wildman–Crippen MR) is 65.1 cm³/mol. The van der Waals surface area contributed by atoms with Gasteiger partial charge in [0.05, 0.1) is 0 Å². The summed E-state index contributed by atoms with van der Waals surface area (Å²) in [5, 5.41) is 2.13. The summed E-state index contributed by atoms with van der Waals surface area (Å²) in [4.78, 5) is 25.4. The number of amides is 2. The van der Waals surface area contributed by atoms with Crippen LogP contribution in [0.25, 0.3) is 0 Å². The molecule has 0 aromatic heterocycles. The van der Waals surface area contributed by atoms with Gasteiger partial charge in [-0.05, 0) is 25.7 Å². The molecule has 2 saturated heterocycles. The molecule has 3 N–H and O–H groups in total. The van der Waals surface area contributed by atoms with Crippen LogP contribution in [0.3, 0.4) is 0 Å². The zero-order valence-electron chi connectivity index (χ0n) is 10.6. The van der Waals surface area contributed by atoms with E-state index in [0.29, 0.717) is 12.5 Å². The zero-order valence-corrected chi connectivity index (χ0v) is 10.6. The Morgan fingerprint density at radius 3 is 2.83 bits per heavy atom. The van der Waals surface area contributed by atoms with Gasteiger partial charge in [-0.1, -0.05) is 0 Å². The molecule has 4 unspecified atom stereocenters. The van der Waals surface area contributed by atoms with E-state index in [1.54, 1.807) is 0 Å².